The van der Waals surface area contributed by atoms with E-state index in [1.165, 1.54) is 6.20 Å². The highest BCUT2D eigenvalue weighted by atomic mass is 16.2. The van der Waals surface area contributed by atoms with Crippen molar-refractivity contribution in [2.24, 2.45) is 5.92 Å². The van der Waals surface area contributed by atoms with Gasteiger partial charge in [-0.3, -0.25) is 19.6 Å². The Hall–Kier alpha value is -3.28. The van der Waals surface area contributed by atoms with E-state index >= 15 is 0 Å². The third-order valence-electron chi connectivity index (χ3n) is 4.01. The zero-order valence-corrected chi connectivity index (χ0v) is 14.6. The van der Waals surface area contributed by atoms with Gasteiger partial charge in [0.2, 0.25) is 0 Å². The van der Waals surface area contributed by atoms with Gasteiger partial charge in [-0.15, -0.1) is 0 Å². The summed E-state index contributed by atoms with van der Waals surface area (Å²) in [6.45, 7) is 3.93. The van der Waals surface area contributed by atoms with Crippen molar-refractivity contribution >= 4 is 28.4 Å². The lowest BCUT2D eigenvalue weighted by atomic mass is 10.0. The summed E-state index contributed by atoms with van der Waals surface area (Å²) in [6.07, 6.45) is 3.20. The van der Waals surface area contributed by atoms with Crippen molar-refractivity contribution in [3.05, 3.63) is 66.6 Å². The van der Waals surface area contributed by atoms with Gasteiger partial charge < -0.3 is 10.6 Å². The van der Waals surface area contributed by atoms with Crippen LogP contribution in [0.15, 0.2) is 60.9 Å². The van der Waals surface area contributed by atoms with E-state index < -0.39 is 11.8 Å². The maximum Gasteiger partial charge on any atom is 0.313 e. The van der Waals surface area contributed by atoms with Crippen molar-refractivity contribution < 1.29 is 9.59 Å². The number of aromatic nitrogens is 2. The summed E-state index contributed by atoms with van der Waals surface area (Å²) in [7, 11) is 0. The molecule has 0 fully saturated rings. The van der Waals surface area contributed by atoms with Crippen LogP contribution in [0, 0.1) is 5.92 Å². The summed E-state index contributed by atoms with van der Waals surface area (Å²) < 4.78 is 0. The van der Waals surface area contributed by atoms with Gasteiger partial charge in [0.25, 0.3) is 0 Å². The first-order chi connectivity index (χ1) is 12.5. The molecule has 6 nitrogen and oxygen atoms in total. The second-order valence-electron chi connectivity index (χ2n) is 6.32. The first kappa shape index (κ1) is 17.5. The molecule has 26 heavy (non-hydrogen) atoms. The number of fused-ring (bicyclic) bond motifs is 1. The molecule has 3 aromatic rings. The molecule has 0 aliphatic carbocycles. The molecule has 132 valence electrons. The maximum absolute atomic E-state index is 12.3. The molecule has 0 aliphatic rings. The molecule has 0 unspecified atom stereocenters. The Morgan fingerprint density at radius 1 is 0.962 bits per heavy atom. The Balaban J connectivity index is 1.71. The summed E-state index contributed by atoms with van der Waals surface area (Å²) >= 11 is 0. The van der Waals surface area contributed by atoms with Gasteiger partial charge in [0, 0.05) is 11.6 Å². The molecule has 0 bridgehead atoms. The molecular formula is C20H20N4O2. The molecule has 2 heterocycles. The first-order valence-electron chi connectivity index (χ1n) is 8.42. The summed E-state index contributed by atoms with van der Waals surface area (Å²) in [5.74, 6) is -1.35. The van der Waals surface area contributed by atoms with Crippen molar-refractivity contribution in [2.75, 3.05) is 5.32 Å². The lowest BCUT2D eigenvalue weighted by Gasteiger charge is -2.21. The minimum atomic E-state index is -0.733. The van der Waals surface area contributed by atoms with Crippen LogP contribution in [-0.2, 0) is 9.59 Å². The number of rotatable bonds is 4. The van der Waals surface area contributed by atoms with Gasteiger partial charge in [-0.05, 0) is 30.2 Å². The predicted molar refractivity (Wildman–Crippen MR) is 100 cm³/mol. The molecule has 6 heteroatoms. The Bertz CT molecular complexity index is 925. The lowest BCUT2D eigenvalue weighted by molar-refractivity contribution is -0.136. The summed E-state index contributed by atoms with van der Waals surface area (Å²) in [6, 6.07) is 14.5. The lowest BCUT2D eigenvalue weighted by Crippen LogP contribution is -2.39. The van der Waals surface area contributed by atoms with Crippen LogP contribution < -0.4 is 10.6 Å². The Morgan fingerprint density at radius 3 is 2.46 bits per heavy atom. The zero-order chi connectivity index (χ0) is 18.5. The number of carbonyl (C=O) groups is 2. The van der Waals surface area contributed by atoms with Gasteiger partial charge in [0.1, 0.15) is 0 Å². The van der Waals surface area contributed by atoms with Crippen LogP contribution in [0.2, 0.25) is 0 Å². The second kappa shape index (κ2) is 7.74. The number of nitrogens with zero attached hydrogens (tertiary/aromatic N) is 2. The quantitative estimate of drug-likeness (QED) is 0.710. The molecule has 3 rings (SSSR count). The van der Waals surface area contributed by atoms with E-state index in [0.29, 0.717) is 5.69 Å². The van der Waals surface area contributed by atoms with Crippen LogP contribution >= 0.6 is 0 Å². The molecule has 2 amide bonds. The van der Waals surface area contributed by atoms with Gasteiger partial charge >= 0.3 is 11.8 Å². The summed E-state index contributed by atoms with van der Waals surface area (Å²) in [5.41, 5.74) is 2.02. The third kappa shape index (κ3) is 4.03. The highest BCUT2D eigenvalue weighted by Gasteiger charge is 2.23. The van der Waals surface area contributed by atoms with Crippen molar-refractivity contribution in [3.63, 3.8) is 0 Å². The largest absolute Gasteiger partial charge is 0.339 e. The highest BCUT2D eigenvalue weighted by Crippen LogP contribution is 2.20. The normalized spacial score (nSPS) is 12.0. The van der Waals surface area contributed by atoms with Crippen molar-refractivity contribution in [2.45, 2.75) is 19.9 Å². The molecule has 1 atom stereocenters. The number of carbonyl (C=O) groups excluding carboxylic acids is 2. The third-order valence-corrected chi connectivity index (χ3v) is 4.01. The van der Waals surface area contributed by atoms with Gasteiger partial charge in [0.05, 0.1) is 29.1 Å². The Kier molecular flexibility index (Phi) is 5.22. The van der Waals surface area contributed by atoms with Crippen LogP contribution in [0.1, 0.15) is 25.6 Å². The molecule has 0 aliphatic heterocycles. The standard InChI is InChI=1S/C20H20N4O2/c1-13(2)18(17-9-5-6-10-21-17)24-20(26)19(25)23-15-11-14-7-3-4-8-16(14)22-12-15/h3-13,18H,1-2H3,(H,23,25)(H,24,26)/t18-/m1/s1. The molecule has 1 aromatic carbocycles. The van der Waals surface area contributed by atoms with E-state index in [4.69, 9.17) is 0 Å². The molecule has 0 spiro atoms. The SMILES string of the molecule is CC(C)[C@@H](NC(=O)C(=O)Nc1cnc2ccccc2c1)c1ccccn1. The van der Waals surface area contributed by atoms with E-state index in [9.17, 15) is 9.59 Å². The number of nitrogens with one attached hydrogen (secondary N) is 2. The number of para-hydroxylation sites is 1. The summed E-state index contributed by atoms with van der Waals surface area (Å²) in [5, 5.41) is 6.24. The van der Waals surface area contributed by atoms with Crippen LogP contribution in [0.3, 0.4) is 0 Å². The fraction of sp³-hybridized carbons (Fsp3) is 0.200. The summed E-state index contributed by atoms with van der Waals surface area (Å²) in [4.78, 5) is 33.1. The van der Waals surface area contributed by atoms with Crippen molar-refractivity contribution in [1.82, 2.24) is 15.3 Å². The highest BCUT2D eigenvalue weighted by molar-refractivity contribution is 6.39. The van der Waals surface area contributed by atoms with Gasteiger partial charge in [-0.2, -0.15) is 0 Å². The number of pyridine rings is 2. The molecule has 2 aromatic heterocycles. The fourth-order valence-corrected chi connectivity index (χ4v) is 2.68. The number of anilines is 1. The van der Waals surface area contributed by atoms with Gasteiger partial charge in [-0.25, -0.2) is 0 Å². The molecule has 0 saturated carbocycles. The second-order valence-corrected chi connectivity index (χ2v) is 6.32. The van der Waals surface area contributed by atoms with Crippen LogP contribution in [0.25, 0.3) is 10.9 Å². The minimum absolute atomic E-state index is 0.0870. The topological polar surface area (TPSA) is 84.0 Å². The smallest absolute Gasteiger partial charge is 0.313 e. The molecular weight excluding hydrogens is 328 g/mol. The van der Waals surface area contributed by atoms with Gasteiger partial charge in [0.15, 0.2) is 0 Å². The van der Waals surface area contributed by atoms with Crippen molar-refractivity contribution in [3.8, 4) is 0 Å². The van der Waals surface area contributed by atoms with Crippen LogP contribution in [0.5, 0.6) is 0 Å². The first-order valence-corrected chi connectivity index (χ1v) is 8.42. The monoisotopic (exact) mass is 348 g/mol. The van der Waals surface area contributed by atoms with Gasteiger partial charge in [-0.1, -0.05) is 38.1 Å². The van der Waals surface area contributed by atoms with Crippen LogP contribution in [0.4, 0.5) is 5.69 Å². The number of amides is 2. The van der Waals surface area contributed by atoms with E-state index in [0.717, 1.165) is 16.6 Å². The van der Waals surface area contributed by atoms with E-state index in [1.54, 1.807) is 12.3 Å². The average Bonchev–Trinajstić information content (AvgIpc) is 2.66. The number of benzene rings is 1. The predicted octanol–water partition coefficient (Wildman–Crippen LogP) is 3.08. The minimum Gasteiger partial charge on any atom is -0.339 e. The Morgan fingerprint density at radius 2 is 1.73 bits per heavy atom. The van der Waals surface area contributed by atoms with E-state index in [-0.39, 0.29) is 12.0 Å². The molecule has 0 radical (unpaired) electrons. The van der Waals surface area contributed by atoms with E-state index in [2.05, 4.69) is 20.6 Å². The maximum atomic E-state index is 12.3. The van der Waals surface area contributed by atoms with E-state index in [1.807, 2.05) is 56.3 Å². The number of hydrogen-bond donors (Lipinski definition) is 2. The molecule has 2 N–H and O–H groups in total. The molecule has 0 saturated heterocycles. The van der Waals surface area contributed by atoms with Crippen molar-refractivity contribution in [1.29, 1.82) is 0 Å². The number of hydrogen-bond acceptors (Lipinski definition) is 4. The average molecular weight is 348 g/mol. The Labute approximate surface area is 151 Å². The fourth-order valence-electron chi connectivity index (χ4n) is 2.68. The van der Waals surface area contributed by atoms with Crippen LogP contribution in [-0.4, -0.2) is 21.8 Å². The zero-order valence-electron chi connectivity index (χ0n) is 14.6.